The third kappa shape index (κ3) is 3.15. The molecule has 156 valence electrons. The Labute approximate surface area is 185 Å². The van der Waals surface area contributed by atoms with Gasteiger partial charge in [0.25, 0.3) is 0 Å². The van der Waals surface area contributed by atoms with E-state index >= 15 is 0 Å². The van der Waals surface area contributed by atoms with Crippen LogP contribution in [0.1, 0.15) is 23.5 Å². The van der Waals surface area contributed by atoms with Gasteiger partial charge in [0.2, 0.25) is 9.84 Å². The molecular formula is C22H22ClN3O2S2. The van der Waals surface area contributed by atoms with Crippen molar-refractivity contribution in [3.8, 4) is 0 Å². The molecule has 0 aliphatic carbocycles. The SMILES string of the molecule is Cc1ccc2c(c1)[C@@H]1CN(C)CC[C@@H]1N2c1nc(S(=O)(=O)c2ccccc2)c(Cl)s1. The van der Waals surface area contributed by atoms with E-state index < -0.39 is 9.84 Å². The molecule has 1 saturated heterocycles. The molecule has 0 saturated carbocycles. The van der Waals surface area contributed by atoms with Gasteiger partial charge in [-0.25, -0.2) is 13.4 Å². The molecule has 0 unspecified atom stereocenters. The number of aromatic nitrogens is 1. The Balaban J connectivity index is 1.61. The van der Waals surface area contributed by atoms with Crippen LogP contribution >= 0.6 is 22.9 Å². The summed E-state index contributed by atoms with van der Waals surface area (Å²) >= 11 is 7.70. The van der Waals surface area contributed by atoms with E-state index in [4.69, 9.17) is 11.6 Å². The molecule has 1 aromatic heterocycles. The maximum Gasteiger partial charge on any atom is 0.226 e. The number of fused-ring (bicyclic) bond motifs is 3. The Bertz CT molecular complexity index is 1210. The number of benzene rings is 2. The van der Waals surface area contributed by atoms with Crippen molar-refractivity contribution in [2.45, 2.75) is 35.2 Å². The number of sulfone groups is 1. The molecule has 2 aliphatic heterocycles. The van der Waals surface area contributed by atoms with Gasteiger partial charge in [-0.1, -0.05) is 58.8 Å². The summed E-state index contributed by atoms with van der Waals surface area (Å²) < 4.78 is 26.5. The van der Waals surface area contributed by atoms with Crippen LogP contribution in [0.3, 0.4) is 0 Å². The number of hydrogen-bond donors (Lipinski definition) is 0. The number of aryl methyl sites for hydroxylation is 1. The molecule has 3 heterocycles. The summed E-state index contributed by atoms with van der Waals surface area (Å²) in [4.78, 5) is 9.36. The summed E-state index contributed by atoms with van der Waals surface area (Å²) in [6, 6.07) is 15.1. The fourth-order valence-electron chi connectivity index (χ4n) is 4.59. The van der Waals surface area contributed by atoms with E-state index in [-0.39, 0.29) is 20.3 Å². The van der Waals surface area contributed by atoms with Crippen LogP contribution in [0, 0.1) is 6.92 Å². The first-order chi connectivity index (χ1) is 14.4. The lowest BCUT2D eigenvalue weighted by molar-refractivity contribution is 0.236. The minimum Gasteiger partial charge on any atom is -0.314 e. The zero-order chi connectivity index (χ0) is 21.0. The number of likely N-dealkylation sites (N-methyl/N-ethyl adjacent to an activating group) is 1. The summed E-state index contributed by atoms with van der Waals surface area (Å²) in [6.45, 7) is 4.08. The lowest BCUT2D eigenvalue weighted by Crippen LogP contribution is -2.43. The van der Waals surface area contributed by atoms with Gasteiger partial charge in [-0.05, 0) is 50.7 Å². The number of thiazole rings is 1. The lowest BCUT2D eigenvalue weighted by atomic mass is 9.89. The van der Waals surface area contributed by atoms with Gasteiger partial charge < -0.3 is 9.80 Å². The first kappa shape index (κ1) is 20.0. The van der Waals surface area contributed by atoms with Gasteiger partial charge in [0.1, 0.15) is 4.34 Å². The van der Waals surface area contributed by atoms with Crippen LogP contribution in [0.25, 0.3) is 0 Å². The van der Waals surface area contributed by atoms with Crippen LogP contribution in [-0.4, -0.2) is 44.5 Å². The highest BCUT2D eigenvalue weighted by atomic mass is 35.5. The van der Waals surface area contributed by atoms with Crippen LogP contribution in [0.15, 0.2) is 58.5 Å². The smallest absolute Gasteiger partial charge is 0.226 e. The van der Waals surface area contributed by atoms with Crippen molar-refractivity contribution in [3.05, 3.63) is 64.0 Å². The molecule has 0 amide bonds. The van der Waals surface area contributed by atoms with Gasteiger partial charge in [-0.2, -0.15) is 0 Å². The third-order valence-electron chi connectivity index (χ3n) is 6.01. The number of anilines is 2. The van der Waals surface area contributed by atoms with Gasteiger partial charge in [0.15, 0.2) is 10.2 Å². The van der Waals surface area contributed by atoms with Crippen molar-refractivity contribution in [1.82, 2.24) is 9.88 Å². The predicted octanol–water partition coefficient (Wildman–Crippen LogP) is 4.88. The van der Waals surface area contributed by atoms with E-state index in [1.807, 2.05) is 0 Å². The molecule has 3 aromatic rings. The van der Waals surface area contributed by atoms with E-state index in [0.717, 1.165) is 25.2 Å². The van der Waals surface area contributed by atoms with E-state index in [2.05, 4.69) is 47.0 Å². The monoisotopic (exact) mass is 459 g/mol. The van der Waals surface area contributed by atoms with Crippen molar-refractivity contribution in [3.63, 3.8) is 0 Å². The van der Waals surface area contributed by atoms with Crippen molar-refractivity contribution >= 4 is 43.6 Å². The second-order valence-electron chi connectivity index (χ2n) is 8.05. The minimum atomic E-state index is -3.77. The minimum absolute atomic E-state index is 0.0552. The summed E-state index contributed by atoms with van der Waals surface area (Å²) in [5.41, 5.74) is 3.65. The highest BCUT2D eigenvalue weighted by Gasteiger charge is 2.43. The highest BCUT2D eigenvalue weighted by Crippen LogP contribution is 2.50. The maximum atomic E-state index is 13.1. The van der Waals surface area contributed by atoms with E-state index in [0.29, 0.717) is 11.0 Å². The largest absolute Gasteiger partial charge is 0.314 e. The van der Waals surface area contributed by atoms with Gasteiger partial charge >= 0.3 is 0 Å². The van der Waals surface area contributed by atoms with E-state index in [9.17, 15) is 8.42 Å². The van der Waals surface area contributed by atoms with Crippen LogP contribution in [0.5, 0.6) is 0 Å². The average molecular weight is 460 g/mol. The molecule has 30 heavy (non-hydrogen) atoms. The van der Waals surface area contributed by atoms with Crippen LogP contribution in [-0.2, 0) is 9.84 Å². The molecule has 2 aromatic carbocycles. The lowest BCUT2D eigenvalue weighted by Gasteiger charge is -2.36. The van der Waals surface area contributed by atoms with Crippen LogP contribution in [0.2, 0.25) is 4.34 Å². The number of likely N-dealkylation sites (tertiary alicyclic amines) is 1. The number of rotatable bonds is 3. The Morgan fingerprint density at radius 3 is 2.70 bits per heavy atom. The second-order valence-corrected chi connectivity index (χ2v) is 11.5. The Morgan fingerprint density at radius 2 is 1.93 bits per heavy atom. The Kier molecular flexibility index (Phi) is 4.89. The summed E-state index contributed by atoms with van der Waals surface area (Å²) in [5, 5.41) is 0.595. The molecule has 0 bridgehead atoms. The van der Waals surface area contributed by atoms with Gasteiger partial charge in [0.05, 0.1) is 4.90 Å². The quantitative estimate of drug-likeness (QED) is 0.558. The number of halogens is 1. The molecule has 5 rings (SSSR count). The van der Waals surface area contributed by atoms with Crippen molar-refractivity contribution in [2.75, 3.05) is 25.0 Å². The van der Waals surface area contributed by atoms with Crippen LogP contribution < -0.4 is 4.90 Å². The summed E-state index contributed by atoms with van der Waals surface area (Å²) in [6.07, 6.45) is 0.993. The number of nitrogens with zero attached hydrogens (tertiary/aromatic N) is 3. The zero-order valence-electron chi connectivity index (χ0n) is 16.7. The molecular weight excluding hydrogens is 438 g/mol. The molecule has 1 fully saturated rings. The Morgan fingerprint density at radius 1 is 1.17 bits per heavy atom. The van der Waals surface area contributed by atoms with Crippen molar-refractivity contribution in [2.24, 2.45) is 0 Å². The normalized spacial score (nSPS) is 21.5. The van der Waals surface area contributed by atoms with Gasteiger partial charge in [-0.3, -0.25) is 0 Å². The van der Waals surface area contributed by atoms with Gasteiger partial charge in [0, 0.05) is 24.2 Å². The zero-order valence-corrected chi connectivity index (χ0v) is 19.1. The standard InChI is InChI=1S/C22H22ClN3O2S2/c1-14-8-9-18-16(12-14)17-13-25(2)11-10-19(17)26(18)22-24-21(20(23)29-22)30(27,28)15-6-4-3-5-7-15/h3-9,12,17,19H,10-11,13H2,1-2H3/t17-,19-/m0/s1. The van der Waals surface area contributed by atoms with Gasteiger partial charge in [-0.15, -0.1) is 0 Å². The molecule has 0 N–H and O–H groups in total. The molecule has 8 heteroatoms. The van der Waals surface area contributed by atoms with E-state index in [1.54, 1.807) is 30.3 Å². The Hall–Kier alpha value is -1.93. The van der Waals surface area contributed by atoms with Crippen LogP contribution in [0.4, 0.5) is 10.8 Å². The fourth-order valence-corrected chi connectivity index (χ4v) is 7.57. The van der Waals surface area contributed by atoms with Crippen molar-refractivity contribution in [1.29, 1.82) is 0 Å². The maximum absolute atomic E-state index is 13.1. The fraction of sp³-hybridized carbons (Fsp3) is 0.318. The predicted molar refractivity (Wildman–Crippen MR) is 121 cm³/mol. The second kappa shape index (κ2) is 7.34. The number of hydrogen-bond acceptors (Lipinski definition) is 6. The topological polar surface area (TPSA) is 53.5 Å². The van der Waals surface area contributed by atoms with Crippen molar-refractivity contribution < 1.29 is 8.42 Å². The molecule has 0 spiro atoms. The summed E-state index contributed by atoms with van der Waals surface area (Å²) in [7, 11) is -1.62. The molecule has 5 nitrogen and oxygen atoms in total. The first-order valence-electron chi connectivity index (χ1n) is 9.91. The first-order valence-corrected chi connectivity index (χ1v) is 12.6. The number of piperidine rings is 1. The average Bonchev–Trinajstić information content (AvgIpc) is 3.26. The highest BCUT2D eigenvalue weighted by molar-refractivity contribution is 7.91. The molecule has 2 aliphatic rings. The molecule has 0 radical (unpaired) electrons. The summed E-state index contributed by atoms with van der Waals surface area (Å²) in [5.74, 6) is 0.371. The third-order valence-corrected chi connectivity index (χ3v) is 9.21. The molecule has 2 atom stereocenters. The van der Waals surface area contributed by atoms with E-state index in [1.165, 1.54) is 22.5 Å².